The molecular weight excluding hydrogens is 663 g/mol. The lowest BCUT2D eigenvalue weighted by Gasteiger charge is -2.47. The zero-order valence-corrected chi connectivity index (χ0v) is 31.3. The highest BCUT2D eigenvalue weighted by Gasteiger charge is 2.39. The number of nitrogens with one attached hydrogen (secondary N) is 1. The summed E-state index contributed by atoms with van der Waals surface area (Å²) < 4.78 is 11.2. The predicted octanol–water partition coefficient (Wildman–Crippen LogP) is 7.06. The van der Waals surface area contributed by atoms with E-state index < -0.39 is 29.4 Å². The number of piperazine rings is 1. The van der Waals surface area contributed by atoms with Gasteiger partial charge in [0.1, 0.15) is 22.8 Å². The number of aromatic nitrogens is 2. The van der Waals surface area contributed by atoms with Crippen molar-refractivity contribution in [3.05, 3.63) is 39.3 Å². The number of rotatable bonds is 11. The van der Waals surface area contributed by atoms with Gasteiger partial charge in [0.15, 0.2) is 0 Å². The Bertz CT molecular complexity index is 1350. The summed E-state index contributed by atoms with van der Waals surface area (Å²) in [6.45, 7) is 16.6. The van der Waals surface area contributed by atoms with Crippen LogP contribution in [0, 0.1) is 5.92 Å². The minimum Gasteiger partial charge on any atom is -0.444 e. The molecule has 1 saturated heterocycles. The largest absolute Gasteiger partial charge is 0.444 e. The molecule has 2 heterocycles. The maximum atomic E-state index is 14.5. The first-order valence-electron chi connectivity index (χ1n) is 16.0. The first-order chi connectivity index (χ1) is 21.8. The Morgan fingerprint density at radius 3 is 2.32 bits per heavy atom. The Morgan fingerprint density at radius 1 is 1.06 bits per heavy atom. The minimum absolute atomic E-state index is 0.135. The number of carbonyl (C=O) groups is 3. The second-order valence-corrected chi connectivity index (χ2v) is 16.2. The molecule has 0 unspecified atom stereocenters. The molecule has 1 aromatic carbocycles. The molecule has 11 nitrogen and oxygen atoms in total. The molecule has 2 aromatic rings. The van der Waals surface area contributed by atoms with Crippen LogP contribution in [-0.4, -0.2) is 94.1 Å². The van der Waals surface area contributed by atoms with Gasteiger partial charge < -0.3 is 19.7 Å². The number of carbonyl (C=O) groups excluding carboxylic acids is 3. The first-order valence-corrected chi connectivity index (χ1v) is 17.7. The summed E-state index contributed by atoms with van der Waals surface area (Å²) in [4.78, 5) is 46.4. The monoisotopic (exact) mass is 712 g/mol. The van der Waals surface area contributed by atoms with Crippen LogP contribution in [0.15, 0.2) is 23.7 Å². The van der Waals surface area contributed by atoms with Crippen LogP contribution in [0.5, 0.6) is 0 Å². The summed E-state index contributed by atoms with van der Waals surface area (Å²) in [6, 6.07) is 4.12. The Morgan fingerprint density at radius 2 is 1.74 bits per heavy atom. The van der Waals surface area contributed by atoms with E-state index in [0.29, 0.717) is 59.1 Å². The molecule has 262 valence electrons. The van der Waals surface area contributed by atoms with Crippen LogP contribution >= 0.6 is 34.5 Å². The fourth-order valence-corrected chi connectivity index (χ4v) is 6.58. The number of alkyl carbamates (subject to hydrolysis) is 1. The average molecular weight is 714 g/mol. The van der Waals surface area contributed by atoms with E-state index in [2.05, 4.69) is 41.3 Å². The van der Waals surface area contributed by atoms with Crippen molar-refractivity contribution in [3.63, 3.8) is 0 Å². The Labute approximate surface area is 293 Å². The molecule has 0 saturated carbocycles. The van der Waals surface area contributed by atoms with Crippen molar-refractivity contribution >= 4 is 57.8 Å². The number of hydrogen-bond donors (Lipinski definition) is 1. The molecule has 0 radical (unpaired) electrons. The molecule has 1 N–H and O–H groups in total. The normalized spacial score (nSPS) is 18.2. The number of likely N-dealkylation sites (N-methyl/N-ethyl adjacent to an activating group) is 1. The Kier molecular flexibility index (Phi) is 13.7. The number of anilines is 1. The van der Waals surface area contributed by atoms with E-state index in [1.165, 1.54) is 16.2 Å². The smallest absolute Gasteiger partial charge is 0.416 e. The predicted molar refractivity (Wildman–Crippen MR) is 187 cm³/mol. The lowest BCUT2D eigenvalue weighted by atomic mass is 9.95. The molecule has 3 atom stereocenters. The topological polar surface area (TPSA) is 117 Å². The number of hydrogen-bond acceptors (Lipinski definition) is 9. The first kappa shape index (κ1) is 38.8. The van der Waals surface area contributed by atoms with Crippen LogP contribution in [0.4, 0.5) is 14.7 Å². The van der Waals surface area contributed by atoms with Crippen molar-refractivity contribution in [2.75, 3.05) is 31.6 Å². The van der Waals surface area contributed by atoms with Gasteiger partial charge in [-0.15, -0.1) is 10.2 Å². The zero-order valence-electron chi connectivity index (χ0n) is 29.0. The van der Waals surface area contributed by atoms with Crippen molar-refractivity contribution in [1.29, 1.82) is 0 Å². The fraction of sp³-hybridized carbons (Fsp3) is 0.667. The maximum Gasteiger partial charge on any atom is 0.416 e. The second-order valence-electron chi connectivity index (χ2n) is 14.5. The highest BCUT2D eigenvalue weighted by molar-refractivity contribution is 7.13. The third kappa shape index (κ3) is 12.4. The van der Waals surface area contributed by atoms with Crippen molar-refractivity contribution in [1.82, 2.24) is 25.3 Å². The SMILES string of the molecule is CC(C)C[C@@H]1CN(C(=O)[C@@H](Cc2ccc(Cl)cc2Cl)NC(=O)OC(C)(C)C)[C@@H](CCCN(C(=O)OC(C)(C)C)c2nncs2)CN1C. The number of benzene rings is 1. The van der Waals surface area contributed by atoms with E-state index in [1.54, 1.807) is 44.5 Å². The number of amides is 3. The van der Waals surface area contributed by atoms with Crippen LogP contribution in [0.25, 0.3) is 0 Å². The van der Waals surface area contributed by atoms with Gasteiger partial charge in [-0.1, -0.05) is 54.5 Å². The molecule has 1 aromatic heterocycles. The fourth-order valence-electron chi connectivity index (χ4n) is 5.52. The summed E-state index contributed by atoms with van der Waals surface area (Å²) in [5, 5.41) is 12.2. The molecule has 1 fully saturated rings. The summed E-state index contributed by atoms with van der Waals surface area (Å²) in [7, 11) is 2.08. The van der Waals surface area contributed by atoms with E-state index >= 15 is 0 Å². The lowest BCUT2D eigenvalue weighted by molar-refractivity contribution is -0.140. The number of nitrogens with zero attached hydrogens (tertiary/aromatic N) is 5. The molecule has 47 heavy (non-hydrogen) atoms. The quantitative estimate of drug-likeness (QED) is 0.263. The van der Waals surface area contributed by atoms with E-state index in [-0.39, 0.29) is 24.4 Å². The molecular formula is C33H50Cl2N6O5S. The molecule has 0 bridgehead atoms. The van der Waals surface area contributed by atoms with Gasteiger partial charge in [-0.25, -0.2) is 9.59 Å². The average Bonchev–Trinajstić information content (AvgIpc) is 3.45. The molecule has 1 aliphatic rings. The molecule has 3 amide bonds. The van der Waals surface area contributed by atoms with E-state index in [9.17, 15) is 14.4 Å². The van der Waals surface area contributed by atoms with Crippen LogP contribution in [0.1, 0.15) is 80.2 Å². The van der Waals surface area contributed by atoms with Gasteiger partial charge in [-0.2, -0.15) is 0 Å². The number of halogens is 2. The Hall–Kier alpha value is -2.67. The molecule has 3 rings (SSSR count). The highest BCUT2D eigenvalue weighted by atomic mass is 35.5. The van der Waals surface area contributed by atoms with Gasteiger partial charge in [0.05, 0.1) is 0 Å². The summed E-state index contributed by atoms with van der Waals surface area (Å²) in [5.74, 6) is 0.204. The van der Waals surface area contributed by atoms with Crippen LogP contribution in [0.2, 0.25) is 10.0 Å². The van der Waals surface area contributed by atoms with E-state index in [4.69, 9.17) is 32.7 Å². The van der Waals surface area contributed by atoms with Gasteiger partial charge in [0.2, 0.25) is 11.0 Å². The number of ether oxygens (including phenoxy) is 2. The summed E-state index contributed by atoms with van der Waals surface area (Å²) in [6.07, 6.45) is 1.05. The Balaban J connectivity index is 1.89. The van der Waals surface area contributed by atoms with Crippen molar-refractivity contribution in [3.8, 4) is 0 Å². The van der Waals surface area contributed by atoms with Gasteiger partial charge in [0, 0.05) is 48.2 Å². The zero-order chi connectivity index (χ0) is 35.1. The van der Waals surface area contributed by atoms with Crippen molar-refractivity contribution < 1.29 is 23.9 Å². The van der Waals surface area contributed by atoms with Crippen molar-refractivity contribution in [2.24, 2.45) is 5.92 Å². The maximum absolute atomic E-state index is 14.5. The van der Waals surface area contributed by atoms with E-state index in [1.807, 2.05) is 25.7 Å². The van der Waals surface area contributed by atoms with Crippen LogP contribution in [0.3, 0.4) is 0 Å². The van der Waals surface area contributed by atoms with Gasteiger partial charge in [-0.05, 0) is 91.5 Å². The van der Waals surface area contributed by atoms with Crippen LogP contribution in [-0.2, 0) is 20.7 Å². The van der Waals surface area contributed by atoms with Gasteiger partial charge >= 0.3 is 12.2 Å². The summed E-state index contributed by atoms with van der Waals surface area (Å²) >= 11 is 13.9. The second kappa shape index (κ2) is 16.6. The van der Waals surface area contributed by atoms with Crippen LogP contribution < -0.4 is 10.2 Å². The van der Waals surface area contributed by atoms with E-state index in [0.717, 1.165) is 6.42 Å². The molecule has 0 aliphatic carbocycles. The van der Waals surface area contributed by atoms with Crippen molar-refractivity contribution in [2.45, 2.75) is 110 Å². The highest BCUT2D eigenvalue weighted by Crippen LogP contribution is 2.27. The molecule has 0 spiro atoms. The summed E-state index contributed by atoms with van der Waals surface area (Å²) in [5.41, 5.74) is 0.827. The standard InChI is InChI=1S/C33H50Cl2N6O5S/c1-21(2)15-25-19-41(28(42)27(37-30(43)45-32(3,4)5)16-22-12-13-23(34)17-26(22)35)24(18-39(25)9)11-10-14-40(29-38-36-20-47-29)31(44)46-33(6,7)8/h12-13,17,20-21,24-25,27H,10-11,14-16,18-19H2,1-9H3,(H,37,43)/t24-,25+,27+/m0/s1. The molecule has 1 aliphatic heterocycles. The van der Waals surface area contributed by atoms with Gasteiger partial charge in [0.25, 0.3) is 0 Å². The van der Waals surface area contributed by atoms with Gasteiger partial charge in [-0.3, -0.25) is 14.6 Å². The molecule has 14 heteroatoms. The lowest BCUT2D eigenvalue weighted by Crippen LogP contribution is -2.62. The third-order valence-corrected chi connectivity index (χ3v) is 8.84. The third-order valence-electron chi connectivity index (χ3n) is 7.54. The minimum atomic E-state index is -0.936.